The van der Waals surface area contributed by atoms with Crippen LogP contribution in [0.1, 0.15) is 31.0 Å². The first-order chi connectivity index (χ1) is 8.78. The Morgan fingerprint density at radius 1 is 1.50 bits per heavy atom. The number of methoxy groups -OCH3 is 1. The lowest BCUT2D eigenvalue weighted by atomic mass is 10.3. The van der Waals surface area contributed by atoms with Gasteiger partial charge in [0.2, 0.25) is 5.91 Å². The summed E-state index contributed by atoms with van der Waals surface area (Å²) in [5.41, 5.74) is 0.837. The van der Waals surface area contributed by atoms with Crippen LogP contribution in [0.3, 0.4) is 0 Å². The van der Waals surface area contributed by atoms with E-state index in [0.717, 1.165) is 38.0 Å². The predicted molar refractivity (Wildman–Crippen MR) is 63.7 cm³/mol. The number of carbonyl (C=O) groups is 1. The molecule has 0 spiro atoms. The number of likely N-dealkylation sites (tertiary alicyclic amines) is 1. The standard InChI is InChI=1S/C12H18N4O2/c1-18-8-10-6-16(14-13-10)11-4-5-15(7-11)12(17)9-2-3-9/h6,9,11H,2-5,7-8H2,1H3. The number of aromatic nitrogens is 3. The number of hydrogen-bond donors (Lipinski definition) is 0. The second-order valence-corrected chi connectivity index (χ2v) is 5.12. The minimum atomic E-state index is 0.269. The molecule has 1 saturated carbocycles. The molecular formula is C12H18N4O2. The molecule has 98 valence electrons. The maximum Gasteiger partial charge on any atom is 0.225 e. The van der Waals surface area contributed by atoms with Gasteiger partial charge in [0.15, 0.2) is 0 Å². The van der Waals surface area contributed by atoms with Gasteiger partial charge in [-0.25, -0.2) is 4.68 Å². The van der Waals surface area contributed by atoms with E-state index < -0.39 is 0 Å². The highest BCUT2D eigenvalue weighted by Gasteiger charge is 2.37. The number of carbonyl (C=O) groups excluding carboxylic acids is 1. The highest BCUT2D eigenvalue weighted by atomic mass is 16.5. The molecule has 2 aliphatic rings. The van der Waals surface area contributed by atoms with E-state index in [1.807, 2.05) is 15.8 Å². The fraction of sp³-hybridized carbons (Fsp3) is 0.750. The van der Waals surface area contributed by atoms with Crippen LogP contribution in [-0.2, 0) is 16.1 Å². The molecule has 1 amide bonds. The largest absolute Gasteiger partial charge is 0.378 e. The van der Waals surface area contributed by atoms with Crippen LogP contribution in [0.15, 0.2) is 6.20 Å². The summed E-state index contributed by atoms with van der Waals surface area (Å²) in [6.45, 7) is 2.10. The average molecular weight is 250 g/mol. The summed E-state index contributed by atoms with van der Waals surface area (Å²) in [7, 11) is 1.64. The van der Waals surface area contributed by atoms with E-state index >= 15 is 0 Å². The Balaban J connectivity index is 1.61. The van der Waals surface area contributed by atoms with Gasteiger partial charge in [-0.05, 0) is 19.3 Å². The third-order valence-electron chi connectivity index (χ3n) is 3.63. The number of rotatable bonds is 4. The van der Waals surface area contributed by atoms with Crippen LogP contribution in [0.25, 0.3) is 0 Å². The normalized spacial score (nSPS) is 23.6. The van der Waals surface area contributed by atoms with Crippen LogP contribution in [0.5, 0.6) is 0 Å². The van der Waals surface area contributed by atoms with Gasteiger partial charge < -0.3 is 9.64 Å². The quantitative estimate of drug-likeness (QED) is 0.785. The van der Waals surface area contributed by atoms with Gasteiger partial charge >= 0.3 is 0 Å². The fourth-order valence-corrected chi connectivity index (χ4v) is 2.45. The van der Waals surface area contributed by atoms with E-state index in [9.17, 15) is 4.79 Å². The van der Waals surface area contributed by atoms with Crippen molar-refractivity contribution in [1.82, 2.24) is 19.9 Å². The van der Waals surface area contributed by atoms with Crippen LogP contribution < -0.4 is 0 Å². The zero-order valence-electron chi connectivity index (χ0n) is 10.6. The SMILES string of the molecule is COCc1cn(C2CCN(C(=O)C3CC3)C2)nn1. The van der Waals surface area contributed by atoms with Crippen molar-refractivity contribution in [3.63, 3.8) is 0 Å². The molecule has 1 atom stereocenters. The molecule has 1 aromatic rings. The van der Waals surface area contributed by atoms with E-state index in [0.29, 0.717) is 18.4 Å². The Labute approximate surface area is 106 Å². The summed E-state index contributed by atoms with van der Waals surface area (Å²) in [4.78, 5) is 13.9. The first-order valence-electron chi connectivity index (χ1n) is 6.46. The molecule has 1 unspecified atom stereocenters. The topological polar surface area (TPSA) is 60.2 Å². The lowest BCUT2D eigenvalue weighted by Crippen LogP contribution is -2.30. The second kappa shape index (κ2) is 4.68. The Morgan fingerprint density at radius 2 is 2.33 bits per heavy atom. The van der Waals surface area contributed by atoms with Crippen molar-refractivity contribution in [3.8, 4) is 0 Å². The third-order valence-corrected chi connectivity index (χ3v) is 3.63. The molecule has 0 radical (unpaired) electrons. The molecule has 0 bridgehead atoms. The summed E-state index contributed by atoms with van der Waals surface area (Å²) < 4.78 is 6.89. The third kappa shape index (κ3) is 2.25. The molecule has 2 heterocycles. The summed E-state index contributed by atoms with van der Waals surface area (Å²) in [5.74, 6) is 0.637. The molecule has 0 aromatic carbocycles. The monoisotopic (exact) mass is 250 g/mol. The molecule has 3 rings (SSSR count). The van der Waals surface area contributed by atoms with Crippen LogP contribution in [0.4, 0.5) is 0 Å². The van der Waals surface area contributed by atoms with Gasteiger partial charge in [-0.3, -0.25) is 4.79 Å². The fourth-order valence-electron chi connectivity index (χ4n) is 2.45. The molecule has 0 N–H and O–H groups in total. The van der Waals surface area contributed by atoms with Crippen molar-refractivity contribution in [2.45, 2.75) is 31.9 Å². The van der Waals surface area contributed by atoms with Crippen molar-refractivity contribution in [1.29, 1.82) is 0 Å². The molecule has 6 nitrogen and oxygen atoms in total. The molecule has 18 heavy (non-hydrogen) atoms. The molecule has 1 aliphatic heterocycles. The molecule has 1 saturated heterocycles. The number of hydrogen-bond acceptors (Lipinski definition) is 4. The maximum atomic E-state index is 12.0. The minimum Gasteiger partial charge on any atom is -0.378 e. The van der Waals surface area contributed by atoms with Gasteiger partial charge in [0.1, 0.15) is 5.69 Å². The predicted octanol–water partition coefficient (Wildman–Crippen LogP) is 0.608. The van der Waals surface area contributed by atoms with Gasteiger partial charge in [-0.1, -0.05) is 5.21 Å². The molecule has 6 heteroatoms. The molecule has 1 aliphatic carbocycles. The maximum absolute atomic E-state index is 12.0. The summed E-state index contributed by atoms with van der Waals surface area (Å²) in [6.07, 6.45) is 5.02. The van der Waals surface area contributed by atoms with Crippen molar-refractivity contribution in [3.05, 3.63) is 11.9 Å². The van der Waals surface area contributed by atoms with Crippen LogP contribution >= 0.6 is 0 Å². The first kappa shape index (κ1) is 11.6. The summed E-state index contributed by atoms with van der Waals surface area (Å²) >= 11 is 0. The highest BCUT2D eigenvalue weighted by molar-refractivity contribution is 5.81. The minimum absolute atomic E-state index is 0.269. The van der Waals surface area contributed by atoms with Crippen molar-refractivity contribution in [2.75, 3.05) is 20.2 Å². The Hall–Kier alpha value is -1.43. The average Bonchev–Trinajstić information content (AvgIpc) is 2.91. The van der Waals surface area contributed by atoms with Gasteiger partial charge in [-0.2, -0.15) is 0 Å². The lowest BCUT2D eigenvalue weighted by molar-refractivity contribution is -0.131. The molecule has 1 aromatic heterocycles. The number of nitrogens with zero attached hydrogens (tertiary/aromatic N) is 4. The van der Waals surface area contributed by atoms with E-state index in [1.54, 1.807) is 7.11 Å². The Kier molecular flexibility index (Phi) is 3.03. The highest BCUT2D eigenvalue weighted by Crippen LogP contribution is 2.33. The van der Waals surface area contributed by atoms with Crippen molar-refractivity contribution in [2.24, 2.45) is 5.92 Å². The van der Waals surface area contributed by atoms with Crippen molar-refractivity contribution >= 4 is 5.91 Å². The first-order valence-corrected chi connectivity index (χ1v) is 6.46. The van der Waals surface area contributed by atoms with Crippen LogP contribution in [0, 0.1) is 5.92 Å². The smallest absolute Gasteiger partial charge is 0.225 e. The molecule has 2 fully saturated rings. The van der Waals surface area contributed by atoms with Gasteiger partial charge in [0.25, 0.3) is 0 Å². The molecular weight excluding hydrogens is 232 g/mol. The summed E-state index contributed by atoms with van der Waals surface area (Å²) in [5, 5.41) is 8.17. The Bertz CT molecular complexity index is 441. The van der Waals surface area contributed by atoms with Crippen LogP contribution in [-0.4, -0.2) is 46.0 Å². The Morgan fingerprint density at radius 3 is 3.06 bits per heavy atom. The lowest BCUT2D eigenvalue weighted by Gasteiger charge is -2.15. The number of amides is 1. The van der Waals surface area contributed by atoms with E-state index in [2.05, 4.69) is 10.3 Å². The number of ether oxygens (including phenoxy) is 1. The van der Waals surface area contributed by atoms with E-state index in [-0.39, 0.29) is 6.04 Å². The van der Waals surface area contributed by atoms with Gasteiger partial charge in [0, 0.05) is 26.1 Å². The van der Waals surface area contributed by atoms with Gasteiger partial charge in [0.05, 0.1) is 18.8 Å². The van der Waals surface area contributed by atoms with E-state index in [4.69, 9.17) is 4.74 Å². The van der Waals surface area contributed by atoms with Crippen molar-refractivity contribution < 1.29 is 9.53 Å². The second-order valence-electron chi connectivity index (χ2n) is 5.12. The van der Waals surface area contributed by atoms with Crippen LogP contribution in [0.2, 0.25) is 0 Å². The zero-order valence-corrected chi connectivity index (χ0v) is 10.6. The zero-order chi connectivity index (χ0) is 12.5. The van der Waals surface area contributed by atoms with E-state index in [1.165, 1.54) is 0 Å². The van der Waals surface area contributed by atoms with Gasteiger partial charge in [-0.15, -0.1) is 5.10 Å². The summed E-state index contributed by atoms with van der Waals surface area (Å²) in [6, 6.07) is 0.269.